The number of rotatable bonds is 3. The van der Waals surface area contributed by atoms with Crippen LogP contribution in [-0.2, 0) is 0 Å². The van der Waals surface area contributed by atoms with Crippen LogP contribution >= 0.6 is 0 Å². The summed E-state index contributed by atoms with van der Waals surface area (Å²) in [5, 5.41) is 5.26. The minimum absolute atomic E-state index is 0.522. The van der Waals surface area contributed by atoms with E-state index in [0.29, 0.717) is 20.5 Å². The van der Waals surface area contributed by atoms with Crippen molar-refractivity contribution >= 4 is 19.4 Å². The van der Waals surface area contributed by atoms with Gasteiger partial charge in [-0.3, -0.25) is 0 Å². The van der Waals surface area contributed by atoms with Crippen molar-refractivity contribution in [3.63, 3.8) is 0 Å². The molecule has 2 fully saturated rings. The standard InChI is InChI=1S/C15H21NSe/c1-2-7-14(8-3-1)17-12-15-10-5-4-6-13(15)9-11-16-15/h1-3,7-8,13,16H,4-6,9-12H2/t13-,15+/m1/s1. The van der Waals surface area contributed by atoms with E-state index in [0.717, 1.165) is 5.92 Å². The molecule has 0 bridgehead atoms. The second kappa shape index (κ2) is 5.14. The van der Waals surface area contributed by atoms with Gasteiger partial charge in [0.25, 0.3) is 0 Å². The van der Waals surface area contributed by atoms with Gasteiger partial charge in [0, 0.05) is 0 Å². The van der Waals surface area contributed by atoms with Gasteiger partial charge in [0.2, 0.25) is 0 Å². The minimum atomic E-state index is 0.522. The second-order valence-corrected chi connectivity index (χ2v) is 7.62. The van der Waals surface area contributed by atoms with E-state index in [1.54, 1.807) is 4.46 Å². The van der Waals surface area contributed by atoms with Gasteiger partial charge in [0.05, 0.1) is 0 Å². The fraction of sp³-hybridized carbons (Fsp3) is 0.600. The van der Waals surface area contributed by atoms with E-state index in [-0.39, 0.29) is 0 Å². The molecule has 0 radical (unpaired) electrons. The molecule has 2 atom stereocenters. The number of hydrogen-bond acceptors (Lipinski definition) is 1. The predicted octanol–water partition coefficient (Wildman–Crippen LogP) is 2.36. The van der Waals surface area contributed by atoms with Crippen LogP contribution in [0, 0.1) is 5.92 Å². The van der Waals surface area contributed by atoms with E-state index in [4.69, 9.17) is 0 Å². The monoisotopic (exact) mass is 295 g/mol. The van der Waals surface area contributed by atoms with Crippen LogP contribution in [0.25, 0.3) is 0 Å². The summed E-state index contributed by atoms with van der Waals surface area (Å²) in [5.41, 5.74) is 0.522. The van der Waals surface area contributed by atoms with Crippen LogP contribution in [-0.4, -0.2) is 27.0 Å². The summed E-state index contributed by atoms with van der Waals surface area (Å²) in [5.74, 6) is 0.974. The molecule has 1 aromatic carbocycles. The molecule has 92 valence electrons. The zero-order valence-electron chi connectivity index (χ0n) is 10.3. The van der Waals surface area contributed by atoms with Crippen LogP contribution in [0.15, 0.2) is 30.3 Å². The van der Waals surface area contributed by atoms with Crippen molar-refractivity contribution in [1.82, 2.24) is 5.32 Å². The second-order valence-electron chi connectivity index (χ2n) is 5.42. The molecule has 2 aliphatic rings. The number of nitrogens with one attached hydrogen (secondary N) is 1. The maximum atomic E-state index is 3.86. The average molecular weight is 294 g/mol. The van der Waals surface area contributed by atoms with Crippen molar-refractivity contribution in [2.24, 2.45) is 5.92 Å². The van der Waals surface area contributed by atoms with Crippen LogP contribution in [0.5, 0.6) is 0 Å². The molecule has 1 saturated carbocycles. The molecule has 1 N–H and O–H groups in total. The molecule has 2 heteroatoms. The third kappa shape index (κ3) is 2.45. The molecule has 1 aliphatic carbocycles. The van der Waals surface area contributed by atoms with Crippen molar-refractivity contribution in [2.75, 3.05) is 6.54 Å². The molecule has 0 unspecified atom stereocenters. The van der Waals surface area contributed by atoms with E-state index in [2.05, 4.69) is 35.6 Å². The Morgan fingerprint density at radius 1 is 1.18 bits per heavy atom. The Bertz CT molecular complexity index is 364. The third-order valence-electron chi connectivity index (χ3n) is 4.42. The Labute approximate surface area is 111 Å². The molecule has 3 rings (SSSR count). The van der Waals surface area contributed by atoms with Crippen LogP contribution < -0.4 is 9.78 Å². The van der Waals surface area contributed by atoms with Crippen LogP contribution in [0.2, 0.25) is 5.32 Å². The van der Waals surface area contributed by atoms with E-state index in [9.17, 15) is 0 Å². The molecule has 1 aliphatic heterocycles. The van der Waals surface area contributed by atoms with Gasteiger partial charge in [0.15, 0.2) is 0 Å². The molecule has 0 aromatic heterocycles. The fourth-order valence-corrected chi connectivity index (χ4v) is 6.07. The molecular weight excluding hydrogens is 273 g/mol. The fourth-order valence-electron chi connectivity index (χ4n) is 3.43. The van der Waals surface area contributed by atoms with E-state index in [1.807, 2.05) is 0 Å². The van der Waals surface area contributed by atoms with Crippen molar-refractivity contribution in [3.8, 4) is 0 Å². The normalized spacial score (nSPS) is 32.4. The first-order valence-electron chi connectivity index (χ1n) is 6.82. The molecule has 1 saturated heterocycles. The van der Waals surface area contributed by atoms with Gasteiger partial charge in [-0.25, -0.2) is 0 Å². The SMILES string of the molecule is c1ccc([Se]C[C@@]23CCCC[C@@H]2CCN3)cc1. The first-order valence-corrected chi connectivity index (χ1v) is 8.89. The molecule has 0 amide bonds. The molecule has 1 aromatic rings. The quantitative estimate of drug-likeness (QED) is 0.844. The Hall–Kier alpha value is -0.301. The first kappa shape index (κ1) is 11.8. The van der Waals surface area contributed by atoms with Crippen molar-refractivity contribution in [3.05, 3.63) is 30.3 Å². The molecule has 1 nitrogen and oxygen atoms in total. The number of fused-ring (bicyclic) bond motifs is 1. The molecular formula is C15H21NSe. The topological polar surface area (TPSA) is 12.0 Å². The molecule has 17 heavy (non-hydrogen) atoms. The predicted molar refractivity (Wildman–Crippen MR) is 73.9 cm³/mol. The van der Waals surface area contributed by atoms with Crippen LogP contribution in [0.1, 0.15) is 32.1 Å². The number of benzene rings is 1. The average Bonchev–Trinajstić information content (AvgIpc) is 2.82. The summed E-state index contributed by atoms with van der Waals surface area (Å²) in [4.78, 5) is 0. The van der Waals surface area contributed by atoms with Gasteiger partial charge in [-0.1, -0.05) is 0 Å². The van der Waals surface area contributed by atoms with Gasteiger partial charge in [-0.15, -0.1) is 0 Å². The number of hydrogen-bond donors (Lipinski definition) is 1. The summed E-state index contributed by atoms with van der Waals surface area (Å²) in [6.07, 6.45) is 7.22. The van der Waals surface area contributed by atoms with Crippen molar-refractivity contribution < 1.29 is 0 Å². The summed E-state index contributed by atoms with van der Waals surface area (Å²) in [6, 6.07) is 11.1. The first-order chi connectivity index (χ1) is 8.39. The summed E-state index contributed by atoms with van der Waals surface area (Å²) >= 11 is 0.647. The van der Waals surface area contributed by atoms with Crippen LogP contribution in [0.3, 0.4) is 0 Å². The summed E-state index contributed by atoms with van der Waals surface area (Å²) in [7, 11) is 0. The Balaban J connectivity index is 1.67. The summed E-state index contributed by atoms with van der Waals surface area (Å²) < 4.78 is 1.56. The van der Waals surface area contributed by atoms with Crippen molar-refractivity contribution in [2.45, 2.75) is 43.0 Å². The van der Waals surface area contributed by atoms with Gasteiger partial charge in [-0.05, 0) is 0 Å². The Morgan fingerprint density at radius 2 is 2.06 bits per heavy atom. The van der Waals surface area contributed by atoms with Gasteiger partial charge in [0.1, 0.15) is 0 Å². The van der Waals surface area contributed by atoms with E-state index >= 15 is 0 Å². The van der Waals surface area contributed by atoms with Gasteiger partial charge >= 0.3 is 110 Å². The zero-order valence-corrected chi connectivity index (χ0v) is 12.0. The molecule has 1 heterocycles. The zero-order chi connectivity index (χ0) is 11.6. The Morgan fingerprint density at radius 3 is 2.94 bits per heavy atom. The van der Waals surface area contributed by atoms with E-state index in [1.165, 1.54) is 44.0 Å². The van der Waals surface area contributed by atoms with Crippen LogP contribution in [0.4, 0.5) is 0 Å². The summed E-state index contributed by atoms with van der Waals surface area (Å²) in [6.45, 7) is 1.26. The van der Waals surface area contributed by atoms with Gasteiger partial charge < -0.3 is 0 Å². The Kier molecular flexibility index (Phi) is 3.56. The van der Waals surface area contributed by atoms with Gasteiger partial charge in [-0.2, -0.15) is 0 Å². The van der Waals surface area contributed by atoms with Crippen molar-refractivity contribution in [1.29, 1.82) is 0 Å². The molecule has 0 spiro atoms. The maximum absolute atomic E-state index is 3.86. The third-order valence-corrected chi connectivity index (χ3v) is 7.07. The van der Waals surface area contributed by atoms with E-state index < -0.39 is 0 Å².